The number of para-hydroxylation sites is 1. The number of hydrogen-bond acceptors (Lipinski definition) is 1. The Hall–Kier alpha value is -1.01. The van der Waals surface area contributed by atoms with Crippen molar-refractivity contribution in [2.24, 2.45) is 0 Å². The van der Waals surface area contributed by atoms with E-state index in [1.54, 1.807) is 13.2 Å². The predicted octanol–water partition coefficient (Wildman–Crippen LogP) is 3.01. The Labute approximate surface area is 73.7 Å². The van der Waals surface area contributed by atoms with E-state index in [0.29, 0.717) is 11.4 Å². The number of rotatable bonds is 1. The molecule has 56 valence electrons. The first-order valence-corrected chi connectivity index (χ1v) is 3.79. The quantitative estimate of drug-likeness (QED) is 0.651. The predicted molar refractivity (Wildman–Crippen MR) is 47.0 cm³/mol. The van der Waals surface area contributed by atoms with E-state index in [9.17, 15) is 0 Å². The minimum atomic E-state index is 0.523. The highest BCUT2D eigenvalue weighted by Crippen LogP contribution is 2.34. The second-order valence-corrected chi connectivity index (χ2v) is 2.76. The Bertz CT molecular complexity index is 303. The Balaban J connectivity index is 3.27. The molecule has 0 atom stereocenters. The lowest BCUT2D eigenvalue weighted by molar-refractivity contribution is 0.417. The molecule has 1 rings (SSSR count). The van der Waals surface area contributed by atoms with Gasteiger partial charge in [-0.05, 0) is 6.07 Å². The van der Waals surface area contributed by atoms with Crippen LogP contribution >= 0.6 is 15.9 Å². The van der Waals surface area contributed by atoms with E-state index in [0.717, 1.165) is 4.47 Å². The average Bonchev–Trinajstić information content (AvgIpc) is 2.04. The lowest BCUT2D eigenvalue weighted by atomic mass is 10.3. The third-order valence-electron chi connectivity index (χ3n) is 1.28. The van der Waals surface area contributed by atoms with E-state index in [-0.39, 0.29) is 0 Å². The van der Waals surface area contributed by atoms with Crippen LogP contribution in [0, 0.1) is 6.57 Å². The highest BCUT2D eigenvalue weighted by atomic mass is 79.9. The van der Waals surface area contributed by atoms with E-state index >= 15 is 0 Å². The molecule has 0 unspecified atom stereocenters. The summed E-state index contributed by atoms with van der Waals surface area (Å²) in [7, 11) is 1.55. The maximum atomic E-state index is 6.84. The summed E-state index contributed by atoms with van der Waals surface area (Å²) in [6.07, 6.45) is 0. The molecule has 0 fully saturated rings. The summed E-state index contributed by atoms with van der Waals surface area (Å²) in [5, 5.41) is 0. The van der Waals surface area contributed by atoms with E-state index in [1.807, 2.05) is 12.1 Å². The lowest BCUT2D eigenvalue weighted by Gasteiger charge is -2.02. The topological polar surface area (TPSA) is 13.6 Å². The van der Waals surface area contributed by atoms with E-state index < -0.39 is 0 Å². The van der Waals surface area contributed by atoms with Crippen molar-refractivity contribution in [2.75, 3.05) is 7.11 Å². The smallest absolute Gasteiger partial charge is 0.241 e. The molecule has 0 aliphatic carbocycles. The van der Waals surface area contributed by atoms with Crippen LogP contribution in [0.1, 0.15) is 0 Å². The van der Waals surface area contributed by atoms with Gasteiger partial charge in [-0.15, -0.1) is 0 Å². The Morgan fingerprint density at radius 2 is 2.27 bits per heavy atom. The van der Waals surface area contributed by atoms with Gasteiger partial charge >= 0.3 is 0 Å². The molecule has 2 nitrogen and oxygen atoms in total. The van der Waals surface area contributed by atoms with Crippen molar-refractivity contribution in [3.8, 4) is 5.75 Å². The summed E-state index contributed by atoms with van der Waals surface area (Å²) in [6.45, 7) is 6.84. The zero-order valence-electron chi connectivity index (χ0n) is 5.97. The summed E-state index contributed by atoms with van der Waals surface area (Å²) < 4.78 is 5.74. The highest BCUT2D eigenvalue weighted by Gasteiger charge is 2.04. The maximum absolute atomic E-state index is 6.84. The van der Waals surface area contributed by atoms with Crippen LogP contribution in [0.2, 0.25) is 0 Å². The second-order valence-electron chi connectivity index (χ2n) is 1.90. The van der Waals surface area contributed by atoms with Gasteiger partial charge in [-0.1, -0.05) is 28.1 Å². The zero-order chi connectivity index (χ0) is 8.27. The molecule has 0 radical (unpaired) electrons. The monoisotopic (exact) mass is 210 g/mol. The van der Waals surface area contributed by atoms with Crippen molar-refractivity contribution >= 4 is 21.6 Å². The van der Waals surface area contributed by atoms with Crippen molar-refractivity contribution in [2.45, 2.75) is 0 Å². The highest BCUT2D eigenvalue weighted by molar-refractivity contribution is 9.10. The van der Waals surface area contributed by atoms with Gasteiger partial charge < -0.3 is 4.74 Å². The molecule has 0 saturated carbocycles. The molecule has 0 N–H and O–H groups in total. The van der Waals surface area contributed by atoms with Crippen molar-refractivity contribution in [1.29, 1.82) is 0 Å². The molecule has 0 aliphatic heterocycles. The fraction of sp³-hybridized carbons (Fsp3) is 0.125. The minimum absolute atomic E-state index is 0.523. The molecule has 0 amide bonds. The summed E-state index contributed by atoms with van der Waals surface area (Å²) in [5.74, 6) is 0.606. The molecule has 0 spiro atoms. The molecule has 0 heterocycles. The number of nitrogens with zero attached hydrogens (tertiary/aromatic N) is 1. The van der Waals surface area contributed by atoms with Crippen molar-refractivity contribution in [1.82, 2.24) is 0 Å². The molecule has 0 bridgehead atoms. The van der Waals surface area contributed by atoms with Gasteiger partial charge in [0.05, 0.1) is 13.7 Å². The van der Waals surface area contributed by atoms with Crippen LogP contribution in [0.3, 0.4) is 0 Å². The van der Waals surface area contributed by atoms with Gasteiger partial charge in [0.25, 0.3) is 0 Å². The normalized spacial score (nSPS) is 8.82. The van der Waals surface area contributed by atoms with Gasteiger partial charge in [-0.2, -0.15) is 0 Å². The first kappa shape index (κ1) is 8.09. The third kappa shape index (κ3) is 1.52. The molecule has 0 saturated heterocycles. The van der Waals surface area contributed by atoms with E-state index in [4.69, 9.17) is 11.3 Å². The van der Waals surface area contributed by atoms with Crippen LogP contribution in [0.4, 0.5) is 5.69 Å². The molecule has 1 aromatic carbocycles. The molecule has 11 heavy (non-hydrogen) atoms. The molecule has 0 aliphatic rings. The fourth-order valence-corrected chi connectivity index (χ4v) is 1.21. The van der Waals surface area contributed by atoms with Gasteiger partial charge in [0.15, 0.2) is 0 Å². The summed E-state index contributed by atoms with van der Waals surface area (Å²) in [6, 6.07) is 5.41. The fourth-order valence-electron chi connectivity index (χ4n) is 0.769. The van der Waals surface area contributed by atoms with Gasteiger partial charge in [0.1, 0.15) is 5.75 Å². The first-order valence-electron chi connectivity index (χ1n) is 2.99. The van der Waals surface area contributed by atoms with E-state index in [2.05, 4.69) is 20.8 Å². The Kier molecular flexibility index (Phi) is 2.50. The second kappa shape index (κ2) is 3.40. The van der Waals surface area contributed by atoms with Gasteiger partial charge in [-0.3, -0.25) is 0 Å². The minimum Gasteiger partial charge on any atom is -0.508 e. The lowest BCUT2D eigenvalue weighted by Crippen LogP contribution is -1.81. The number of ether oxygens (including phenoxy) is 1. The number of hydrogen-bond donors (Lipinski definition) is 0. The zero-order valence-corrected chi connectivity index (χ0v) is 7.55. The van der Waals surface area contributed by atoms with Gasteiger partial charge in [-0.25, -0.2) is 4.85 Å². The summed E-state index contributed by atoms with van der Waals surface area (Å²) >= 11 is 3.25. The Morgan fingerprint density at radius 1 is 1.55 bits per heavy atom. The largest absolute Gasteiger partial charge is 0.508 e. The average molecular weight is 211 g/mol. The molecule has 0 aromatic heterocycles. The standard InChI is InChI=1S/C8H6BrNO/c1-10-8-6(9)4-3-5-7(8)11-2/h3-5H,2H3/i1-1. The van der Waals surface area contributed by atoms with E-state index in [1.165, 1.54) is 0 Å². The van der Waals surface area contributed by atoms with Gasteiger partial charge in [0.2, 0.25) is 5.69 Å². The number of halogens is 1. The van der Waals surface area contributed by atoms with Crippen molar-refractivity contribution in [3.05, 3.63) is 34.1 Å². The van der Waals surface area contributed by atoms with Crippen LogP contribution in [0.5, 0.6) is 5.75 Å². The number of benzene rings is 1. The van der Waals surface area contributed by atoms with Crippen LogP contribution < -0.4 is 4.74 Å². The SMILES string of the molecule is COc1cccc(Br)c1[N+]#[11C-]. The van der Waals surface area contributed by atoms with Crippen LogP contribution in [0.25, 0.3) is 4.85 Å². The first-order chi connectivity index (χ1) is 5.29. The third-order valence-corrected chi connectivity index (χ3v) is 1.92. The Morgan fingerprint density at radius 3 is 2.73 bits per heavy atom. The number of methoxy groups -OCH3 is 1. The molecular weight excluding hydrogens is 205 g/mol. The molecule has 3 heteroatoms. The summed E-state index contributed by atoms with van der Waals surface area (Å²) in [4.78, 5) is 3.32. The van der Waals surface area contributed by atoms with Crippen LogP contribution in [-0.2, 0) is 0 Å². The molecular formula is C8H6BrNO. The van der Waals surface area contributed by atoms with Crippen molar-refractivity contribution < 1.29 is 4.74 Å². The van der Waals surface area contributed by atoms with Crippen molar-refractivity contribution in [3.63, 3.8) is 0 Å². The maximum Gasteiger partial charge on any atom is 0.241 e. The van der Waals surface area contributed by atoms with Gasteiger partial charge in [0, 0.05) is 4.47 Å². The summed E-state index contributed by atoms with van der Waals surface area (Å²) in [5.41, 5.74) is 0.523. The molecule has 1 aromatic rings. The van der Waals surface area contributed by atoms with Crippen LogP contribution in [0.15, 0.2) is 22.7 Å². The van der Waals surface area contributed by atoms with Crippen LogP contribution in [-0.4, -0.2) is 7.11 Å².